The lowest BCUT2D eigenvalue weighted by Crippen LogP contribution is -2.35. The number of aromatic nitrogens is 1. The van der Waals surface area contributed by atoms with Crippen molar-refractivity contribution in [1.29, 1.82) is 0 Å². The minimum absolute atomic E-state index is 0.116. The van der Waals surface area contributed by atoms with E-state index in [4.69, 9.17) is 9.40 Å². The summed E-state index contributed by atoms with van der Waals surface area (Å²) in [6.07, 6.45) is 1.01. The molecule has 0 radical (unpaired) electrons. The molecule has 0 amide bonds. The van der Waals surface area contributed by atoms with Gasteiger partial charge in [-0.3, -0.25) is 0 Å². The molecule has 0 spiro atoms. The zero-order valence-electron chi connectivity index (χ0n) is 16.3. The predicted octanol–water partition coefficient (Wildman–Crippen LogP) is 6.64. The van der Waals surface area contributed by atoms with Crippen LogP contribution in [0.2, 0.25) is 0 Å². The molecule has 0 atom stereocenters. The first kappa shape index (κ1) is 18.2. The van der Waals surface area contributed by atoms with Crippen molar-refractivity contribution in [2.24, 2.45) is 5.41 Å². The number of anilines is 1. The molecule has 0 aliphatic rings. The molecule has 0 saturated heterocycles. The maximum absolute atomic E-state index is 6.18. The van der Waals surface area contributed by atoms with Gasteiger partial charge >= 0.3 is 0 Å². The molecule has 3 nitrogen and oxygen atoms in total. The molecule has 26 heavy (non-hydrogen) atoms. The summed E-state index contributed by atoms with van der Waals surface area (Å²) >= 11 is 0. The van der Waals surface area contributed by atoms with Gasteiger partial charge in [-0.2, -0.15) is 0 Å². The van der Waals surface area contributed by atoms with E-state index in [-0.39, 0.29) is 11.0 Å². The van der Waals surface area contributed by atoms with E-state index in [9.17, 15) is 0 Å². The molecule has 1 aromatic heterocycles. The zero-order chi connectivity index (χ0) is 18.8. The number of oxazole rings is 1. The Bertz CT molecular complexity index is 843. The molecule has 0 bridgehead atoms. The van der Waals surface area contributed by atoms with Crippen molar-refractivity contribution in [1.82, 2.24) is 4.98 Å². The number of nitrogens with zero attached hydrogens (tertiary/aromatic N) is 1. The largest absolute Gasteiger partial charge is 0.420 e. The van der Waals surface area contributed by atoms with Crippen LogP contribution >= 0.6 is 0 Å². The van der Waals surface area contributed by atoms with Gasteiger partial charge in [0.05, 0.1) is 0 Å². The summed E-state index contributed by atoms with van der Waals surface area (Å²) in [5, 5.41) is 3.60. The summed E-state index contributed by atoms with van der Waals surface area (Å²) in [5.74, 6) is 1.36. The van der Waals surface area contributed by atoms with Crippen molar-refractivity contribution in [3.05, 3.63) is 60.7 Å². The summed E-state index contributed by atoms with van der Waals surface area (Å²) in [6, 6.07) is 20.2. The molecular formula is C23H28N2O. The normalized spacial score (nSPS) is 12.2. The first-order chi connectivity index (χ1) is 12.2. The first-order valence-corrected chi connectivity index (χ1v) is 9.13. The van der Waals surface area contributed by atoms with Gasteiger partial charge in [-0.25, -0.2) is 4.98 Å². The molecule has 2 aromatic carbocycles. The quantitative estimate of drug-likeness (QED) is 0.562. The number of nitrogens with one attached hydrogen (secondary N) is 1. The Labute approximate surface area is 156 Å². The van der Waals surface area contributed by atoms with Crippen molar-refractivity contribution in [3.8, 4) is 22.7 Å². The van der Waals surface area contributed by atoms with E-state index in [2.05, 4.69) is 52.1 Å². The van der Waals surface area contributed by atoms with Gasteiger partial charge in [-0.1, -0.05) is 69.3 Å². The van der Waals surface area contributed by atoms with Gasteiger partial charge in [0, 0.05) is 16.7 Å². The van der Waals surface area contributed by atoms with Crippen LogP contribution in [0.25, 0.3) is 22.7 Å². The van der Waals surface area contributed by atoms with Crippen molar-refractivity contribution in [2.75, 3.05) is 5.32 Å². The van der Waals surface area contributed by atoms with Crippen LogP contribution in [0, 0.1) is 5.41 Å². The van der Waals surface area contributed by atoms with Gasteiger partial charge in [-0.15, -0.1) is 0 Å². The third-order valence-electron chi connectivity index (χ3n) is 4.12. The number of benzene rings is 2. The van der Waals surface area contributed by atoms with Crippen molar-refractivity contribution < 1.29 is 4.42 Å². The van der Waals surface area contributed by atoms with E-state index in [1.807, 2.05) is 48.5 Å². The Morgan fingerprint density at radius 1 is 0.808 bits per heavy atom. The summed E-state index contributed by atoms with van der Waals surface area (Å²) < 4.78 is 6.18. The van der Waals surface area contributed by atoms with Crippen LogP contribution in [0.3, 0.4) is 0 Å². The summed E-state index contributed by atoms with van der Waals surface area (Å²) in [4.78, 5) is 4.80. The van der Waals surface area contributed by atoms with E-state index in [0.29, 0.717) is 5.89 Å². The molecule has 1 N–H and O–H groups in total. The van der Waals surface area contributed by atoms with E-state index in [1.165, 1.54) is 0 Å². The van der Waals surface area contributed by atoms with E-state index in [0.717, 1.165) is 29.1 Å². The van der Waals surface area contributed by atoms with Gasteiger partial charge in [0.15, 0.2) is 0 Å². The van der Waals surface area contributed by atoms with Crippen molar-refractivity contribution in [2.45, 2.75) is 46.6 Å². The number of hydrogen-bond donors (Lipinski definition) is 1. The molecule has 0 saturated carbocycles. The van der Waals surface area contributed by atoms with Crippen LogP contribution in [0.5, 0.6) is 0 Å². The Hall–Kier alpha value is -2.55. The second kappa shape index (κ2) is 6.99. The highest BCUT2D eigenvalue weighted by atomic mass is 16.4. The van der Waals surface area contributed by atoms with Gasteiger partial charge < -0.3 is 9.73 Å². The highest BCUT2D eigenvalue weighted by molar-refractivity contribution is 5.74. The summed E-state index contributed by atoms with van der Waals surface area (Å²) in [7, 11) is 0. The van der Waals surface area contributed by atoms with Crippen molar-refractivity contribution in [3.63, 3.8) is 0 Å². The van der Waals surface area contributed by atoms with Crippen LogP contribution in [-0.4, -0.2) is 10.5 Å². The molecular weight excluding hydrogens is 320 g/mol. The topological polar surface area (TPSA) is 38.1 Å². The average Bonchev–Trinajstić information content (AvgIpc) is 2.97. The standard InChI is InChI=1S/C23H28N2O/c1-22(2,3)16-23(4,5)25-21-19(17-12-8-6-9-13-17)24-20(26-21)18-14-10-7-11-15-18/h6-15,25H,16H2,1-5H3. The fourth-order valence-corrected chi connectivity index (χ4v) is 3.58. The second-order valence-electron chi connectivity index (χ2n) is 8.68. The van der Waals surface area contributed by atoms with Gasteiger partial charge in [0.2, 0.25) is 11.8 Å². The highest BCUT2D eigenvalue weighted by Crippen LogP contribution is 2.36. The highest BCUT2D eigenvalue weighted by Gasteiger charge is 2.28. The van der Waals surface area contributed by atoms with Gasteiger partial charge in [0.25, 0.3) is 0 Å². The third kappa shape index (κ3) is 4.54. The minimum atomic E-state index is -0.116. The molecule has 1 heterocycles. The smallest absolute Gasteiger partial charge is 0.229 e. The fourth-order valence-electron chi connectivity index (χ4n) is 3.58. The maximum Gasteiger partial charge on any atom is 0.229 e. The molecule has 0 aliphatic heterocycles. The van der Waals surface area contributed by atoms with E-state index >= 15 is 0 Å². The molecule has 3 rings (SSSR count). The number of hydrogen-bond acceptors (Lipinski definition) is 3. The van der Waals surface area contributed by atoms with Crippen LogP contribution in [0.15, 0.2) is 65.1 Å². The molecule has 3 aromatic rings. The van der Waals surface area contributed by atoms with Crippen LogP contribution in [-0.2, 0) is 0 Å². The summed E-state index contributed by atoms with van der Waals surface area (Å²) in [6.45, 7) is 11.2. The van der Waals surface area contributed by atoms with Gasteiger partial charge in [0.1, 0.15) is 5.69 Å². The molecule has 3 heteroatoms. The Morgan fingerprint density at radius 2 is 1.35 bits per heavy atom. The van der Waals surface area contributed by atoms with Crippen molar-refractivity contribution >= 4 is 5.88 Å². The number of rotatable bonds is 5. The van der Waals surface area contributed by atoms with Crippen LogP contribution < -0.4 is 5.32 Å². The Morgan fingerprint density at radius 3 is 1.88 bits per heavy atom. The molecule has 0 unspecified atom stereocenters. The molecule has 0 aliphatic carbocycles. The van der Waals surface area contributed by atoms with E-state index < -0.39 is 0 Å². The van der Waals surface area contributed by atoms with Gasteiger partial charge in [-0.05, 0) is 37.8 Å². The van der Waals surface area contributed by atoms with Crippen LogP contribution in [0.1, 0.15) is 41.0 Å². The predicted molar refractivity (Wildman–Crippen MR) is 109 cm³/mol. The maximum atomic E-state index is 6.18. The lowest BCUT2D eigenvalue weighted by atomic mass is 9.82. The third-order valence-corrected chi connectivity index (χ3v) is 4.12. The van der Waals surface area contributed by atoms with Crippen LogP contribution in [0.4, 0.5) is 5.88 Å². The Balaban J connectivity index is 2.01. The van der Waals surface area contributed by atoms with E-state index in [1.54, 1.807) is 0 Å². The SMILES string of the molecule is CC(C)(C)CC(C)(C)Nc1oc(-c2ccccc2)nc1-c1ccccc1. The molecule has 0 fully saturated rings. The fraction of sp³-hybridized carbons (Fsp3) is 0.348. The Kier molecular flexibility index (Phi) is 4.90. The molecule has 136 valence electrons. The monoisotopic (exact) mass is 348 g/mol. The lowest BCUT2D eigenvalue weighted by molar-refractivity contribution is 0.299. The summed E-state index contributed by atoms with van der Waals surface area (Å²) in [5.41, 5.74) is 2.98. The minimum Gasteiger partial charge on any atom is -0.420 e. The average molecular weight is 348 g/mol. The zero-order valence-corrected chi connectivity index (χ0v) is 16.3. The first-order valence-electron chi connectivity index (χ1n) is 9.13. The second-order valence-corrected chi connectivity index (χ2v) is 8.68. The lowest BCUT2D eigenvalue weighted by Gasteiger charge is -2.33.